The van der Waals surface area contributed by atoms with Gasteiger partial charge in [0.25, 0.3) is 5.91 Å². The summed E-state index contributed by atoms with van der Waals surface area (Å²) >= 11 is 1.42. The van der Waals surface area contributed by atoms with E-state index in [2.05, 4.69) is 25.7 Å². The Labute approximate surface area is 182 Å². The van der Waals surface area contributed by atoms with Crippen molar-refractivity contribution in [2.75, 3.05) is 5.75 Å². The van der Waals surface area contributed by atoms with Crippen LogP contribution in [0.1, 0.15) is 10.4 Å². The van der Waals surface area contributed by atoms with Crippen molar-refractivity contribution < 1.29 is 9.53 Å². The zero-order valence-corrected chi connectivity index (χ0v) is 17.0. The van der Waals surface area contributed by atoms with Gasteiger partial charge in [-0.1, -0.05) is 42.1 Å². The van der Waals surface area contributed by atoms with Crippen molar-refractivity contribution in [1.82, 2.24) is 25.2 Å². The van der Waals surface area contributed by atoms with Crippen LogP contribution in [-0.2, 0) is 0 Å². The monoisotopic (exact) mass is 428 g/mol. The molecule has 0 unspecified atom stereocenters. The largest absolute Gasteiger partial charge is 0.440 e. The highest BCUT2D eigenvalue weighted by atomic mass is 32.2. The highest BCUT2D eigenvalue weighted by Gasteiger charge is 2.21. The number of ether oxygens (including phenoxy) is 1. The van der Waals surface area contributed by atoms with Crippen molar-refractivity contribution in [3.63, 3.8) is 0 Å². The highest BCUT2D eigenvalue weighted by molar-refractivity contribution is 7.99. The fraction of sp³-hybridized carbons (Fsp3) is 0.0455. The quantitative estimate of drug-likeness (QED) is 0.489. The topological polar surface area (TPSA) is 94.3 Å². The molecular formula is C22H16N6O2S. The molecule has 152 valence electrons. The Hall–Kier alpha value is -3.98. The molecule has 31 heavy (non-hydrogen) atoms. The Kier molecular flexibility index (Phi) is 5.16. The number of hydrogen-bond donors (Lipinski definition) is 1. The van der Waals surface area contributed by atoms with Gasteiger partial charge in [0.2, 0.25) is 5.90 Å². The van der Waals surface area contributed by atoms with Gasteiger partial charge in [0.15, 0.2) is 11.0 Å². The van der Waals surface area contributed by atoms with Crippen LogP contribution in [-0.4, -0.2) is 37.3 Å². The molecule has 4 aromatic rings. The molecule has 2 aromatic heterocycles. The summed E-state index contributed by atoms with van der Waals surface area (Å²) in [6.07, 6.45) is 3.45. The van der Waals surface area contributed by atoms with E-state index in [1.165, 1.54) is 11.8 Å². The number of pyridine rings is 1. The lowest BCUT2D eigenvalue weighted by atomic mass is 10.2. The fourth-order valence-corrected chi connectivity index (χ4v) is 3.91. The number of para-hydroxylation sites is 2. The number of hydrogen-bond acceptors (Lipinski definition) is 7. The lowest BCUT2D eigenvalue weighted by Gasteiger charge is -2.11. The fourth-order valence-electron chi connectivity index (χ4n) is 3.12. The summed E-state index contributed by atoms with van der Waals surface area (Å²) in [4.78, 5) is 16.3. The first-order valence-corrected chi connectivity index (χ1v) is 10.5. The predicted octanol–water partition coefficient (Wildman–Crippen LogP) is 3.56. The lowest BCUT2D eigenvalue weighted by molar-refractivity contribution is 0.0955. The second-order valence-corrected chi connectivity index (χ2v) is 7.49. The van der Waals surface area contributed by atoms with Crippen LogP contribution in [0.5, 0.6) is 5.75 Å². The number of nitrogens with zero attached hydrogens (tertiary/aromatic N) is 5. The number of carbonyl (C=O) groups excluding carboxylic acids is 1. The number of thioether (sulfide) groups is 1. The van der Waals surface area contributed by atoms with Crippen molar-refractivity contribution in [3.05, 3.63) is 84.7 Å². The summed E-state index contributed by atoms with van der Waals surface area (Å²) in [6, 6.07) is 20.7. The molecule has 9 heteroatoms. The molecule has 0 saturated carbocycles. The summed E-state index contributed by atoms with van der Waals surface area (Å²) in [5, 5.41) is 13.6. The normalized spacial score (nSPS) is 12.9. The van der Waals surface area contributed by atoms with E-state index < -0.39 is 0 Å². The van der Waals surface area contributed by atoms with Gasteiger partial charge in [0.1, 0.15) is 5.75 Å². The summed E-state index contributed by atoms with van der Waals surface area (Å²) < 4.78 is 7.84. The van der Waals surface area contributed by atoms with Crippen LogP contribution in [0, 0.1) is 0 Å². The van der Waals surface area contributed by atoms with E-state index in [1.54, 1.807) is 30.6 Å². The molecule has 1 aliphatic heterocycles. The summed E-state index contributed by atoms with van der Waals surface area (Å²) in [6.45, 7) is 0. The highest BCUT2D eigenvalue weighted by Crippen LogP contribution is 2.28. The lowest BCUT2D eigenvalue weighted by Crippen LogP contribution is -2.18. The predicted molar refractivity (Wildman–Crippen MR) is 117 cm³/mol. The molecule has 0 fully saturated rings. The molecule has 2 aromatic carbocycles. The third-order valence-electron chi connectivity index (χ3n) is 4.55. The van der Waals surface area contributed by atoms with Gasteiger partial charge in [-0.2, -0.15) is 0 Å². The minimum absolute atomic E-state index is 0.303. The first kappa shape index (κ1) is 19.0. The van der Waals surface area contributed by atoms with E-state index in [0.29, 0.717) is 33.9 Å². The minimum atomic E-state index is -0.303. The Morgan fingerprint density at radius 2 is 1.71 bits per heavy atom. The van der Waals surface area contributed by atoms with E-state index in [0.717, 1.165) is 11.3 Å². The first-order chi connectivity index (χ1) is 15.3. The maximum Gasteiger partial charge on any atom is 0.275 e. The summed E-state index contributed by atoms with van der Waals surface area (Å²) in [5.41, 5.74) is 4.81. The summed E-state index contributed by atoms with van der Waals surface area (Å²) in [7, 11) is 0. The van der Waals surface area contributed by atoms with E-state index in [4.69, 9.17) is 4.74 Å². The van der Waals surface area contributed by atoms with Crippen molar-refractivity contribution in [2.45, 2.75) is 5.16 Å². The van der Waals surface area contributed by atoms with Gasteiger partial charge in [-0.3, -0.25) is 14.3 Å². The van der Waals surface area contributed by atoms with Crippen molar-refractivity contribution >= 4 is 23.6 Å². The van der Waals surface area contributed by atoms with Crippen molar-refractivity contribution in [2.24, 2.45) is 5.10 Å². The number of rotatable bonds is 5. The number of benzene rings is 2. The Morgan fingerprint density at radius 3 is 2.55 bits per heavy atom. The zero-order chi connectivity index (χ0) is 21.0. The van der Waals surface area contributed by atoms with Gasteiger partial charge < -0.3 is 4.74 Å². The molecule has 1 amide bonds. The molecule has 5 rings (SSSR count). The maximum atomic E-state index is 12.2. The molecule has 0 bridgehead atoms. The smallest absolute Gasteiger partial charge is 0.275 e. The van der Waals surface area contributed by atoms with E-state index in [9.17, 15) is 4.79 Å². The Bertz CT molecular complexity index is 1260. The Balaban J connectivity index is 1.45. The number of hydrazone groups is 1. The standard InChI is InChI=1S/C22H16N6O2S/c29-21-17-8-4-5-9-18(17)30-19(24-26-21)14-31-22-27-25-20(15-10-12-23-13-11-15)28(22)16-6-2-1-3-7-16/h1-13H,14H2,(H,26,29). The number of aromatic nitrogens is 4. The van der Waals surface area contributed by atoms with Crippen LogP contribution in [0.3, 0.4) is 0 Å². The maximum absolute atomic E-state index is 12.2. The van der Waals surface area contributed by atoms with Crippen LogP contribution in [0.15, 0.2) is 89.4 Å². The van der Waals surface area contributed by atoms with Gasteiger partial charge in [0.05, 0.1) is 11.3 Å². The van der Waals surface area contributed by atoms with Crippen LogP contribution in [0.4, 0.5) is 0 Å². The van der Waals surface area contributed by atoms with Gasteiger partial charge in [-0.15, -0.1) is 15.3 Å². The van der Waals surface area contributed by atoms with Crippen LogP contribution in [0.25, 0.3) is 17.1 Å². The summed E-state index contributed by atoms with van der Waals surface area (Å²) in [5.74, 6) is 1.60. The zero-order valence-electron chi connectivity index (χ0n) is 16.2. The van der Waals surface area contributed by atoms with Gasteiger partial charge in [-0.25, -0.2) is 5.43 Å². The second kappa shape index (κ2) is 8.41. The molecule has 1 N–H and O–H groups in total. The van der Waals surface area contributed by atoms with Crippen LogP contribution in [0.2, 0.25) is 0 Å². The average Bonchev–Trinajstić information content (AvgIpc) is 3.18. The molecule has 0 spiro atoms. The third kappa shape index (κ3) is 3.90. The van der Waals surface area contributed by atoms with Crippen LogP contribution < -0.4 is 10.2 Å². The van der Waals surface area contributed by atoms with Gasteiger partial charge in [-0.05, 0) is 36.4 Å². The first-order valence-electron chi connectivity index (χ1n) is 9.47. The number of amides is 1. The van der Waals surface area contributed by atoms with E-state index in [1.807, 2.05) is 53.1 Å². The number of fused-ring (bicyclic) bond motifs is 1. The third-order valence-corrected chi connectivity index (χ3v) is 5.47. The van der Waals surface area contributed by atoms with Crippen LogP contribution >= 0.6 is 11.8 Å². The molecule has 0 saturated heterocycles. The SMILES string of the molecule is O=C1NN=C(CSc2nnc(-c3ccncc3)n2-c2ccccc2)Oc2ccccc21. The molecule has 3 heterocycles. The van der Waals surface area contributed by atoms with E-state index >= 15 is 0 Å². The number of carbonyl (C=O) groups is 1. The van der Waals surface area contributed by atoms with Gasteiger partial charge in [0, 0.05) is 23.6 Å². The number of nitrogens with one attached hydrogen (secondary N) is 1. The van der Waals surface area contributed by atoms with Crippen molar-refractivity contribution in [3.8, 4) is 22.8 Å². The minimum Gasteiger partial charge on any atom is -0.440 e. The second-order valence-electron chi connectivity index (χ2n) is 6.55. The molecule has 0 aliphatic carbocycles. The molecular weight excluding hydrogens is 412 g/mol. The molecule has 0 atom stereocenters. The molecule has 0 radical (unpaired) electrons. The van der Waals surface area contributed by atoms with Crippen molar-refractivity contribution in [1.29, 1.82) is 0 Å². The molecule has 1 aliphatic rings. The average molecular weight is 428 g/mol. The van der Waals surface area contributed by atoms with Gasteiger partial charge >= 0.3 is 0 Å². The molecule has 8 nitrogen and oxygen atoms in total. The Morgan fingerprint density at radius 1 is 0.935 bits per heavy atom. The van der Waals surface area contributed by atoms with E-state index in [-0.39, 0.29) is 5.91 Å².